The van der Waals surface area contributed by atoms with Crippen molar-refractivity contribution < 1.29 is 32.6 Å². The quantitative estimate of drug-likeness (QED) is 0.202. The third-order valence-electron chi connectivity index (χ3n) is 8.90. The summed E-state index contributed by atoms with van der Waals surface area (Å²) in [7, 11) is -2.46. The van der Waals surface area contributed by atoms with Crippen molar-refractivity contribution in [3.63, 3.8) is 0 Å². The molecule has 3 aromatic carbocycles. The summed E-state index contributed by atoms with van der Waals surface area (Å²) < 4.78 is 41.2. The molecular weight excluding hydrogens is 636 g/mol. The number of aromatic hydroxyl groups is 1. The van der Waals surface area contributed by atoms with E-state index in [4.69, 9.17) is 9.47 Å². The maximum atomic E-state index is 14.4. The Morgan fingerprint density at radius 1 is 1.04 bits per heavy atom. The van der Waals surface area contributed by atoms with Gasteiger partial charge in [0.1, 0.15) is 18.1 Å². The molecule has 1 aliphatic carbocycles. The molecule has 6 rings (SSSR count). The average molecular weight is 677 g/mol. The Hall–Kier alpha value is -4.53. The minimum Gasteiger partial charge on any atom is -0.504 e. The molecule has 0 unspecified atom stereocenters. The van der Waals surface area contributed by atoms with Crippen LogP contribution in [-0.2, 0) is 30.9 Å². The molecule has 2 atom stereocenters. The molecule has 4 aromatic rings. The molecule has 1 saturated carbocycles. The summed E-state index contributed by atoms with van der Waals surface area (Å²) in [6.07, 6.45) is 6.19. The van der Waals surface area contributed by atoms with E-state index in [2.05, 4.69) is 20.4 Å². The fourth-order valence-corrected chi connectivity index (χ4v) is 7.44. The second-order valence-electron chi connectivity index (χ2n) is 12.2. The van der Waals surface area contributed by atoms with Crippen molar-refractivity contribution in [1.29, 1.82) is 0 Å². The van der Waals surface area contributed by atoms with Crippen LogP contribution in [0.2, 0.25) is 0 Å². The predicted molar refractivity (Wildman–Crippen MR) is 178 cm³/mol. The minimum absolute atomic E-state index is 0.00390. The summed E-state index contributed by atoms with van der Waals surface area (Å²) >= 11 is 0. The smallest absolute Gasteiger partial charge is 0.249 e. The fourth-order valence-electron chi connectivity index (χ4n) is 6.37. The number of aromatic nitrogens is 3. The Labute approximate surface area is 279 Å². The molecule has 1 aliphatic heterocycles. The number of phenols is 1. The van der Waals surface area contributed by atoms with E-state index in [9.17, 15) is 23.1 Å². The lowest BCUT2D eigenvalue weighted by atomic mass is 9.94. The van der Waals surface area contributed by atoms with Gasteiger partial charge < -0.3 is 19.9 Å². The molecule has 2 aliphatic rings. The number of ether oxygens (including phenoxy) is 2. The molecular formula is C34H40N6O7S. The van der Waals surface area contributed by atoms with E-state index in [0.717, 1.165) is 44.9 Å². The maximum absolute atomic E-state index is 14.4. The van der Waals surface area contributed by atoms with Crippen LogP contribution in [0.3, 0.4) is 0 Å². The highest BCUT2D eigenvalue weighted by Gasteiger charge is 2.35. The van der Waals surface area contributed by atoms with E-state index in [1.54, 1.807) is 18.2 Å². The number of hydrogen-bond donors (Lipinski definition) is 3. The fraction of sp³-hybridized carbons (Fsp3) is 0.412. The number of nitrogens with zero attached hydrogens (tertiary/aromatic N) is 4. The first-order valence-electron chi connectivity index (χ1n) is 16.2. The number of benzene rings is 3. The number of fused-ring (bicyclic) bond motifs is 1. The average Bonchev–Trinajstić information content (AvgIpc) is 3.77. The van der Waals surface area contributed by atoms with Crippen LogP contribution < -0.4 is 19.7 Å². The van der Waals surface area contributed by atoms with Gasteiger partial charge in [0.25, 0.3) is 0 Å². The van der Waals surface area contributed by atoms with Crippen molar-refractivity contribution in [2.45, 2.75) is 74.6 Å². The van der Waals surface area contributed by atoms with Gasteiger partial charge in [-0.3, -0.25) is 14.5 Å². The maximum Gasteiger partial charge on any atom is 0.249 e. The Bertz CT molecular complexity index is 1850. The molecule has 3 N–H and O–H groups in total. The number of carbonyl (C=O) groups excluding carboxylic acids is 2. The number of carbonyl (C=O) groups is 2. The number of para-hydroxylation sites is 1. The molecule has 0 radical (unpaired) electrons. The van der Waals surface area contributed by atoms with Gasteiger partial charge in [0.2, 0.25) is 21.8 Å². The normalized spacial score (nSPS) is 17.6. The van der Waals surface area contributed by atoms with Crippen molar-refractivity contribution in [3.8, 4) is 11.5 Å². The van der Waals surface area contributed by atoms with Crippen LogP contribution in [0.5, 0.6) is 11.5 Å². The van der Waals surface area contributed by atoms with Crippen molar-refractivity contribution in [3.05, 3.63) is 72.3 Å². The summed E-state index contributed by atoms with van der Waals surface area (Å²) in [4.78, 5) is 30.0. The topological polar surface area (TPSA) is 165 Å². The monoisotopic (exact) mass is 676 g/mol. The Morgan fingerprint density at radius 3 is 2.52 bits per heavy atom. The number of amides is 2. The highest BCUT2D eigenvalue weighted by molar-refractivity contribution is 7.89. The van der Waals surface area contributed by atoms with Gasteiger partial charge >= 0.3 is 0 Å². The van der Waals surface area contributed by atoms with Gasteiger partial charge in [-0.2, -0.15) is 0 Å². The molecule has 2 fully saturated rings. The zero-order valence-corrected chi connectivity index (χ0v) is 27.6. The number of anilines is 1. The van der Waals surface area contributed by atoms with Gasteiger partial charge in [-0.1, -0.05) is 42.7 Å². The van der Waals surface area contributed by atoms with Gasteiger partial charge in [0.05, 0.1) is 23.6 Å². The van der Waals surface area contributed by atoms with E-state index in [-0.39, 0.29) is 47.3 Å². The van der Waals surface area contributed by atoms with Crippen LogP contribution in [0.1, 0.15) is 56.6 Å². The summed E-state index contributed by atoms with van der Waals surface area (Å²) in [5, 5.41) is 22.2. The zero-order chi connectivity index (χ0) is 33.7. The number of phenolic OH excluding ortho intramolecular Hbond substituents is 1. The SMILES string of the molecule is COc1ccc([C@H](C(=O)NC2CCCCC2)N(C(=O)Cn2nnc3ccccc32)c2ccc(S(=O)(=O)NC[C@@H]3CCCO3)cc2)cc1O. The highest BCUT2D eigenvalue weighted by atomic mass is 32.2. The first-order valence-corrected chi connectivity index (χ1v) is 17.7. The standard InChI is InChI=1S/C34H40N6O7S/c1-46-31-18-13-23(20-30(31)41)33(34(43)36-24-8-3-2-4-9-24)40(32(42)22-39-29-12-6-5-11-28(29)37-38-39)25-14-16-27(17-15-25)48(44,45)35-21-26-10-7-19-47-26/h5-6,11-18,20,24,26,33,35,41H,2-4,7-10,19,21-22H2,1H3,(H,36,43)/t26-,33+/m0/s1. The Balaban J connectivity index is 1.38. The second-order valence-corrected chi connectivity index (χ2v) is 13.9. The van der Waals surface area contributed by atoms with Gasteiger partial charge in [-0.05, 0) is 79.8 Å². The molecule has 1 aromatic heterocycles. The van der Waals surface area contributed by atoms with Gasteiger partial charge in [0.15, 0.2) is 11.5 Å². The van der Waals surface area contributed by atoms with E-state index < -0.39 is 27.9 Å². The molecule has 0 spiro atoms. The minimum atomic E-state index is -3.88. The Morgan fingerprint density at radius 2 is 1.81 bits per heavy atom. The lowest BCUT2D eigenvalue weighted by Gasteiger charge is -2.33. The second kappa shape index (κ2) is 14.7. The van der Waals surface area contributed by atoms with Crippen molar-refractivity contribution in [2.24, 2.45) is 0 Å². The Kier molecular flexibility index (Phi) is 10.2. The van der Waals surface area contributed by atoms with Gasteiger partial charge in [-0.25, -0.2) is 17.8 Å². The van der Waals surface area contributed by atoms with Crippen LogP contribution in [0.15, 0.2) is 71.6 Å². The molecule has 0 bridgehead atoms. The number of hydrogen-bond acceptors (Lipinski definition) is 9. The number of nitrogens with one attached hydrogen (secondary N) is 2. The van der Waals surface area contributed by atoms with Crippen molar-refractivity contribution in [2.75, 3.05) is 25.2 Å². The summed E-state index contributed by atoms with van der Waals surface area (Å²) in [5.74, 6) is -0.920. The molecule has 254 valence electrons. The van der Waals surface area contributed by atoms with Crippen LogP contribution in [-0.4, -0.2) is 72.7 Å². The van der Waals surface area contributed by atoms with E-state index in [1.165, 1.54) is 53.1 Å². The third-order valence-corrected chi connectivity index (χ3v) is 10.3. The molecule has 2 amide bonds. The van der Waals surface area contributed by atoms with Crippen LogP contribution >= 0.6 is 0 Å². The zero-order valence-electron chi connectivity index (χ0n) is 26.7. The van der Waals surface area contributed by atoms with Gasteiger partial charge in [-0.15, -0.1) is 5.10 Å². The molecule has 1 saturated heterocycles. The highest BCUT2D eigenvalue weighted by Crippen LogP contribution is 2.35. The van der Waals surface area contributed by atoms with Crippen LogP contribution in [0.4, 0.5) is 5.69 Å². The molecule has 13 nitrogen and oxygen atoms in total. The lowest BCUT2D eigenvalue weighted by molar-refractivity contribution is -0.127. The lowest BCUT2D eigenvalue weighted by Crippen LogP contribution is -2.48. The molecule has 14 heteroatoms. The van der Waals surface area contributed by atoms with E-state index in [1.807, 2.05) is 12.1 Å². The first-order chi connectivity index (χ1) is 23.2. The summed E-state index contributed by atoms with van der Waals surface area (Å²) in [5.41, 5.74) is 1.86. The molecule has 48 heavy (non-hydrogen) atoms. The van der Waals surface area contributed by atoms with Crippen molar-refractivity contribution >= 4 is 38.6 Å². The summed E-state index contributed by atoms with van der Waals surface area (Å²) in [6, 6.07) is 16.3. The number of methoxy groups -OCH3 is 1. The van der Waals surface area contributed by atoms with Crippen LogP contribution in [0, 0.1) is 0 Å². The van der Waals surface area contributed by atoms with Crippen LogP contribution in [0.25, 0.3) is 11.0 Å². The first kappa shape index (κ1) is 33.4. The van der Waals surface area contributed by atoms with E-state index >= 15 is 0 Å². The largest absolute Gasteiger partial charge is 0.504 e. The summed E-state index contributed by atoms with van der Waals surface area (Å²) in [6.45, 7) is 0.501. The number of sulfonamides is 1. The van der Waals surface area contributed by atoms with Crippen molar-refractivity contribution in [1.82, 2.24) is 25.0 Å². The van der Waals surface area contributed by atoms with Gasteiger partial charge in [0, 0.05) is 24.9 Å². The predicted octanol–water partition coefficient (Wildman–Crippen LogP) is 3.83. The molecule has 2 heterocycles. The van der Waals surface area contributed by atoms with E-state index in [0.29, 0.717) is 23.2 Å². The number of rotatable bonds is 12. The third kappa shape index (κ3) is 7.45.